The zero-order chi connectivity index (χ0) is 28.2. The van der Waals surface area contributed by atoms with E-state index in [1.807, 2.05) is 48.5 Å². The van der Waals surface area contributed by atoms with Crippen LogP contribution in [0.15, 0.2) is 126 Å². The molecule has 0 spiro atoms. The molecule has 0 amide bonds. The van der Waals surface area contributed by atoms with Crippen LogP contribution in [0, 0.1) is 22.7 Å². The standard InChI is InChI=1S/C38H20N2OS/c39-21-24-8-1-2-9-26(24)31-20-25(27-12-7-15-37-38(27)29-11-4-6-14-36(29)42-37)19-30(33(31)22-40)23-16-17-35-32(18-23)28-10-3-5-13-34(28)41-35/h1-20H. The van der Waals surface area contributed by atoms with Gasteiger partial charge in [0.05, 0.1) is 17.2 Å². The molecule has 2 heterocycles. The van der Waals surface area contributed by atoms with Gasteiger partial charge in [-0.1, -0.05) is 72.8 Å². The van der Waals surface area contributed by atoms with Crippen molar-refractivity contribution in [2.75, 3.05) is 0 Å². The van der Waals surface area contributed by atoms with Gasteiger partial charge >= 0.3 is 0 Å². The minimum atomic E-state index is 0.535. The number of hydrogen-bond donors (Lipinski definition) is 0. The van der Waals surface area contributed by atoms with Gasteiger partial charge in [0.25, 0.3) is 0 Å². The summed E-state index contributed by atoms with van der Waals surface area (Å²) in [4.78, 5) is 0. The molecule has 42 heavy (non-hydrogen) atoms. The van der Waals surface area contributed by atoms with Crippen molar-refractivity contribution in [3.8, 4) is 45.5 Å². The van der Waals surface area contributed by atoms with E-state index in [-0.39, 0.29) is 0 Å². The van der Waals surface area contributed by atoms with E-state index in [1.54, 1.807) is 17.4 Å². The van der Waals surface area contributed by atoms with Crippen LogP contribution in [0.4, 0.5) is 0 Å². The fourth-order valence-electron chi connectivity index (χ4n) is 6.08. The first-order valence-corrected chi connectivity index (χ1v) is 14.4. The monoisotopic (exact) mass is 552 g/mol. The van der Waals surface area contributed by atoms with Crippen molar-refractivity contribution < 1.29 is 4.42 Å². The number of fused-ring (bicyclic) bond motifs is 6. The lowest BCUT2D eigenvalue weighted by molar-refractivity contribution is 0.669. The molecular weight excluding hydrogens is 532 g/mol. The van der Waals surface area contributed by atoms with Crippen LogP contribution in [0.3, 0.4) is 0 Å². The summed E-state index contributed by atoms with van der Waals surface area (Å²) in [6.07, 6.45) is 0. The number of hydrogen-bond acceptors (Lipinski definition) is 4. The number of furan rings is 1. The molecule has 0 aliphatic heterocycles. The van der Waals surface area contributed by atoms with Gasteiger partial charge in [0, 0.05) is 47.6 Å². The Labute approximate surface area is 245 Å². The number of nitriles is 2. The maximum atomic E-state index is 10.6. The molecule has 0 unspecified atom stereocenters. The average Bonchev–Trinajstić information content (AvgIpc) is 3.62. The second kappa shape index (κ2) is 9.46. The fraction of sp³-hybridized carbons (Fsp3) is 0. The molecule has 194 valence electrons. The summed E-state index contributed by atoms with van der Waals surface area (Å²) in [5.74, 6) is 0. The third-order valence-electron chi connectivity index (χ3n) is 7.99. The van der Waals surface area contributed by atoms with Crippen LogP contribution in [0.2, 0.25) is 0 Å². The molecule has 8 aromatic rings. The van der Waals surface area contributed by atoms with E-state index in [0.717, 1.165) is 55.3 Å². The molecule has 0 aliphatic rings. The Balaban J connectivity index is 1.48. The molecule has 6 aromatic carbocycles. The summed E-state index contributed by atoms with van der Waals surface area (Å²) in [5, 5.41) is 25.1. The summed E-state index contributed by atoms with van der Waals surface area (Å²) in [6.45, 7) is 0. The molecular formula is C38H20N2OS. The van der Waals surface area contributed by atoms with Crippen LogP contribution in [0.5, 0.6) is 0 Å². The smallest absolute Gasteiger partial charge is 0.135 e. The lowest BCUT2D eigenvalue weighted by atomic mass is 9.86. The van der Waals surface area contributed by atoms with Gasteiger partial charge in [0.15, 0.2) is 0 Å². The molecule has 0 aliphatic carbocycles. The maximum Gasteiger partial charge on any atom is 0.135 e. The van der Waals surface area contributed by atoms with Crippen molar-refractivity contribution in [3.63, 3.8) is 0 Å². The van der Waals surface area contributed by atoms with Crippen LogP contribution in [-0.2, 0) is 0 Å². The van der Waals surface area contributed by atoms with Crippen molar-refractivity contribution in [2.45, 2.75) is 0 Å². The fourth-order valence-corrected chi connectivity index (χ4v) is 7.21. The molecule has 0 fully saturated rings. The highest BCUT2D eigenvalue weighted by Crippen LogP contribution is 2.44. The van der Waals surface area contributed by atoms with Gasteiger partial charge in [-0.2, -0.15) is 10.5 Å². The molecule has 3 nitrogen and oxygen atoms in total. The predicted octanol–water partition coefficient (Wildman–Crippen LogP) is 10.7. The Kier molecular flexibility index (Phi) is 5.44. The van der Waals surface area contributed by atoms with E-state index in [1.165, 1.54) is 20.2 Å². The van der Waals surface area contributed by atoms with Gasteiger partial charge in [-0.3, -0.25) is 0 Å². The number of nitrogens with zero attached hydrogens (tertiary/aromatic N) is 2. The quantitative estimate of drug-likeness (QED) is 0.219. The lowest BCUT2D eigenvalue weighted by Gasteiger charge is -2.16. The number of para-hydroxylation sites is 1. The number of rotatable bonds is 3. The van der Waals surface area contributed by atoms with E-state index in [9.17, 15) is 10.5 Å². The lowest BCUT2D eigenvalue weighted by Crippen LogP contribution is -1.95. The van der Waals surface area contributed by atoms with Crippen LogP contribution < -0.4 is 0 Å². The van der Waals surface area contributed by atoms with Gasteiger partial charge in [-0.25, -0.2) is 0 Å². The summed E-state index contributed by atoms with van der Waals surface area (Å²) in [6, 6.07) is 45.6. The molecule has 0 bridgehead atoms. The highest BCUT2D eigenvalue weighted by Gasteiger charge is 2.20. The SMILES string of the molecule is N#Cc1ccccc1-c1cc(-c2cccc3sc4ccccc4c23)cc(-c2ccc3oc4ccccc4c3c2)c1C#N. The Morgan fingerprint density at radius 1 is 0.500 bits per heavy atom. The third kappa shape index (κ3) is 3.64. The highest BCUT2D eigenvalue weighted by molar-refractivity contribution is 7.25. The van der Waals surface area contributed by atoms with Crippen molar-refractivity contribution in [1.82, 2.24) is 0 Å². The van der Waals surface area contributed by atoms with E-state index >= 15 is 0 Å². The van der Waals surface area contributed by atoms with E-state index in [0.29, 0.717) is 11.1 Å². The normalized spacial score (nSPS) is 11.3. The predicted molar refractivity (Wildman–Crippen MR) is 172 cm³/mol. The van der Waals surface area contributed by atoms with Gasteiger partial charge in [0.1, 0.15) is 17.2 Å². The summed E-state index contributed by atoms with van der Waals surface area (Å²) >= 11 is 1.78. The van der Waals surface area contributed by atoms with Gasteiger partial charge in [-0.05, 0) is 65.2 Å². The first-order chi connectivity index (χ1) is 20.7. The van der Waals surface area contributed by atoms with E-state index < -0.39 is 0 Å². The summed E-state index contributed by atoms with van der Waals surface area (Å²) in [7, 11) is 0. The van der Waals surface area contributed by atoms with Crippen molar-refractivity contribution in [3.05, 3.63) is 132 Å². The molecule has 8 rings (SSSR count). The second-order valence-corrected chi connectivity index (χ2v) is 11.4. The van der Waals surface area contributed by atoms with Gasteiger partial charge < -0.3 is 4.42 Å². The summed E-state index contributed by atoms with van der Waals surface area (Å²) < 4.78 is 8.55. The first kappa shape index (κ1) is 24.1. The molecule has 0 saturated carbocycles. The topological polar surface area (TPSA) is 60.7 Å². The highest BCUT2D eigenvalue weighted by atomic mass is 32.1. The minimum absolute atomic E-state index is 0.535. The maximum absolute atomic E-state index is 10.6. The molecule has 0 saturated heterocycles. The third-order valence-corrected chi connectivity index (χ3v) is 9.13. The molecule has 0 radical (unpaired) electrons. The van der Waals surface area contributed by atoms with Crippen LogP contribution in [0.25, 0.3) is 75.5 Å². The van der Waals surface area contributed by atoms with Crippen LogP contribution in [0.1, 0.15) is 11.1 Å². The zero-order valence-electron chi connectivity index (χ0n) is 22.3. The van der Waals surface area contributed by atoms with Crippen LogP contribution in [-0.4, -0.2) is 0 Å². The number of thiophene rings is 1. The van der Waals surface area contributed by atoms with Gasteiger partial charge in [0.2, 0.25) is 0 Å². The molecule has 0 N–H and O–H groups in total. The Bertz CT molecular complexity index is 2450. The first-order valence-electron chi connectivity index (χ1n) is 13.6. The minimum Gasteiger partial charge on any atom is -0.456 e. The molecule has 4 heteroatoms. The molecule has 0 atom stereocenters. The number of benzene rings is 6. The summed E-state index contributed by atoms with van der Waals surface area (Å²) in [5.41, 5.74) is 8.04. The van der Waals surface area contributed by atoms with Crippen LogP contribution >= 0.6 is 11.3 Å². The Morgan fingerprint density at radius 3 is 2.10 bits per heavy atom. The second-order valence-electron chi connectivity index (χ2n) is 10.3. The van der Waals surface area contributed by atoms with Gasteiger partial charge in [-0.15, -0.1) is 11.3 Å². The zero-order valence-corrected chi connectivity index (χ0v) is 23.1. The molecule has 2 aromatic heterocycles. The van der Waals surface area contributed by atoms with Crippen molar-refractivity contribution in [1.29, 1.82) is 10.5 Å². The average molecular weight is 553 g/mol. The Morgan fingerprint density at radius 2 is 1.21 bits per heavy atom. The van der Waals surface area contributed by atoms with Crippen molar-refractivity contribution >= 4 is 53.4 Å². The largest absolute Gasteiger partial charge is 0.456 e. The van der Waals surface area contributed by atoms with Crippen molar-refractivity contribution in [2.24, 2.45) is 0 Å². The van der Waals surface area contributed by atoms with E-state index in [2.05, 4.69) is 78.9 Å². The van der Waals surface area contributed by atoms with E-state index in [4.69, 9.17) is 4.42 Å². The Hall–Kier alpha value is -5.68.